The van der Waals surface area contributed by atoms with Crippen LogP contribution in [0.25, 0.3) is 0 Å². The van der Waals surface area contributed by atoms with E-state index in [1.807, 2.05) is 24.3 Å². The molecule has 0 amide bonds. The van der Waals surface area contributed by atoms with Crippen molar-refractivity contribution in [2.45, 2.75) is 32.2 Å². The van der Waals surface area contributed by atoms with Crippen molar-refractivity contribution in [3.05, 3.63) is 34.3 Å². The van der Waals surface area contributed by atoms with Crippen molar-refractivity contribution in [2.75, 3.05) is 13.1 Å². The van der Waals surface area contributed by atoms with Crippen LogP contribution in [0, 0.1) is 5.92 Å². The lowest BCUT2D eigenvalue weighted by Gasteiger charge is -2.31. The molecule has 1 heterocycles. The molecular weight excluding hydrogens is 306 g/mol. The zero-order valence-corrected chi connectivity index (χ0v) is 13.1. The zero-order valence-electron chi connectivity index (χ0n) is 11.6. The first kappa shape index (κ1) is 14.5. The van der Waals surface area contributed by atoms with E-state index in [4.69, 9.17) is 0 Å². The molecule has 0 unspecified atom stereocenters. The van der Waals surface area contributed by atoms with E-state index in [0.717, 1.165) is 16.6 Å². The summed E-state index contributed by atoms with van der Waals surface area (Å²) < 4.78 is 1.02. The number of aliphatic carboxylic acids is 1. The molecule has 0 spiro atoms. The van der Waals surface area contributed by atoms with Crippen molar-refractivity contribution < 1.29 is 9.90 Å². The Hall–Kier alpha value is -0.870. The van der Waals surface area contributed by atoms with E-state index in [-0.39, 0.29) is 17.4 Å². The summed E-state index contributed by atoms with van der Waals surface area (Å²) in [6.45, 7) is 7.84. The Bertz CT molecular complexity index is 464. The highest BCUT2D eigenvalue weighted by atomic mass is 79.9. The number of halogens is 1. The summed E-state index contributed by atoms with van der Waals surface area (Å²) in [6, 6.07) is 8.01. The highest BCUT2D eigenvalue weighted by Gasteiger charge is 2.41. The smallest absolute Gasteiger partial charge is 0.308 e. The van der Waals surface area contributed by atoms with Crippen molar-refractivity contribution in [1.82, 2.24) is 4.90 Å². The normalized spacial score (nSPS) is 24.6. The van der Waals surface area contributed by atoms with E-state index in [9.17, 15) is 9.90 Å². The number of benzene rings is 1. The summed E-state index contributed by atoms with van der Waals surface area (Å²) in [7, 11) is 0. The molecule has 2 rings (SSSR count). The van der Waals surface area contributed by atoms with E-state index >= 15 is 0 Å². The third-order valence-electron chi connectivity index (χ3n) is 3.88. The summed E-state index contributed by atoms with van der Waals surface area (Å²) in [5, 5.41) is 9.45. The molecule has 19 heavy (non-hydrogen) atoms. The van der Waals surface area contributed by atoms with Gasteiger partial charge in [0.2, 0.25) is 0 Å². The minimum absolute atomic E-state index is 0.0117. The molecule has 1 aromatic carbocycles. The van der Waals surface area contributed by atoms with Gasteiger partial charge >= 0.3 is 5.97 Å². The number of carboxylic acid groups (broad SMARTS) is 1. The van der Waals surface area contributed by atoms with Crippen LogP contribution in [0.4, 0.5) is 0 Å². The van der Waals surface area contributed by atoms with Crippen LogP contribution in [0.2, 0.25) is 0 Å². The number of rotatable bonds is 2. The van der Waals surface area contributed by atoms with Gasteiger partial charge in [0, 0.05) is 29.0 Å². The Morgan fingerprint density at radius 3 is 2.32 bits per heavy atom. The van der Waals surface area contributed by atoms with Gasteiger partial charge < -0.3 is 5.11 Å². The van der Waals surface area contributed by atoms with Gasteiger partial charge in [0.25, 0.3) is 0 Å². The maximum absolute atomic E-state index is 11.5. The second-order valence-electron chi connectivity index (χ2n) is 6.18. The highest BCUT2D eigenvalue weighted by molar-refractivity contribution is 9.10. The van der Waals surface area contributed by atoms with Gasteiger partial charge in [0.05, 0.1) is 5.92 Å². The molecule has 104 valence electrons. The number of hydrogen-bond acceptors (Lipinski definition) is 2. The molecule has 0 saturated carbocycles. The number of carboxylic acids is 1. The number of carbonyl (C=O) groups is 1. The van der Waals surface area contributed by atoms with Gasteiger partial charge in [0.1, 0.15) is 0 Å². The van der Waals surface area contributed by atoms with Gasteiger partial charge in [-0.1, -0.05) is 28.1 Å². The van der Waals surface area contributed by atoms with E-state index in [2.05, 4.69) is 41.6 Å². The zero-order chi connectivity index (χ0) is 14.2. The van der Waals surface area contributed by atoms with Crippen LogP contribution in [0.15, 0.2) is 28.7 Å². The third kappa shape index (κ3) is 3.18. The molecule has 0 bridgehead atoms. The van der Waals surface area contributed by atoms with E-state index in [0.29, 0.717) is 6.54 Å². The average molecular weight is 326 g/mol. The maximum atomic E-state index is 11.5. The fourth-order valence-corrected chi connectivity index (χ4v) is 2.91. The Kier molecular flexibility index (Phi) is 4.02. The molecule has 3 nitrogen and oxygen atoms in total. The van der Waals surface area contributed by atoms with Crippen LogP contribution in [-0.4, -0.2) is 34.6 Å². The fourth-order valence-electron chi connectivity index (χ4n) is 2.65. The van der Waals surface area contributed by atoms with Crippen molar-refractivity contribution >= 4 is 21.9 Å². The van der Waals surface area contributed by atoms with Crippen LogP contribution in [-0.2, 0) is 4.79 Å². The average Bonchev–Trinajstić information content (AvgIpc) is 2.74. The Morgan fingerprint density at radius 1 is 1.26 bits per heavy atom. The third-order valence-corrected chi connectivity index (χ3v) is 4.41. The summed E-state index contributed by atoms with van der Waals surface area (Å²) in [5.41, 5.74) is 1.13. The molecule has 1 N–H and O–H groups in total. The van der Waals surface area contributed by atoms with Crippen molar-refractivity contribution in [3.63, 3.8) is 0 Å². The number of hydrogen-bond donors (Lipinski definition) is 1. The number of likely N-dealkylation sites (tertiary alicyclic amines) is 1. The minimum atomic E-state index is -0.695. The molecule has 1 aliphatic rings. The Balaban J connectivity index is 2.27. The monoisotopic (exact) mass is 325 g/mol. The molecule has 0 aliphatic carbocycles. The molecule has 4 heteroatoms. The summed E-state index contributed by atoms with van der Waals surface area (Å²) in [5.74, 6) is -0.940. The largest absolute Gasteiger partial charge is 0.481 e. The van der Waals surface area contributed by atoms with Crippen molar-refractivity contribution in [3.8, 4) is 0 Å². The van der Waals surface area contributed by atoms with Gasteiger partial charge in [-0.3, -0.25) is 9.69 Å². The Labute approximate surface area is 122 Å². The van der Waals surface area contributed by atoms with Crippen molar-refractivity contribution in [1.29, 1.82) is 0 Å². The quantitative estimate of drug-likeness (QED) is 0.906. The molecule has 1 saturated heterocycles. The van der Waals surface area contributed by atoms with Crippen LogP contribution < -0.4 is 0 Å². The Morgan fingerprint density at radius 2 is 1.84 bits per heavy atom. The minimum Gasteiger partial charge on any atom is -0.481 e. The van der Waals surface area contributed by atoms with Crippen molar-refractivity contribution in [2.24, 2.45) is 5.92 Å². The number of nitrogens with zero attached hydrogens (tertiary/aromatic N) is 1. The molecule has 1 aromatic rings. The van der Waals surface area contributed by atoms with Gasteiger partial charge in [-0.2, -0.15) is 0 Å². The lowest BCUT2D eigenvalue weighted by atomic mass is 9.89. The van der Waals surface area contributed by atoms with Crippen LogP contribution in [0.1, 0.15) is 32.3 Å². The SMILES string of the molecule is CC(C)(C)N1C[C@H](C(=O)O)[C@@H](c2ccc(Br)cc2)C1. The molecular formula is C15H20BrNO2. The summed E-state index contributed by atoms with van der Waals surface area (Å²) in [6.07, 6.45) is 0. The van der Waals surface area contributed by atoms with E-state index in [1.165, 1.54) is 0 Å². The molecule has 2 atom stereocenters. The fraction of sp³-hybridized carbons (Fsp3) is 0.533. The first-order valence-electron chi connectivity index (χ1n) is 6.52. The second-order valence-corrected chi connectivity index (χ2v) is 7.09. The topological polar surface area (TPSA) is 40.5 Å². The van der Waals surface area contributed by atoms with Gasteiger partial charge in [-0.15, -0.1) is 0 Å². The van der Waals surface area contributed by atoms with Crippen LogP contribution in [0.3, 0.4) is 0 Å². The second kappa shape index (κ2) is 5.25. The molecule has 1 aliphatic heterocycles. The van der Waals surface area contributed by atoms with Crippen LogP contribution in [0.5, 0.6) is 0 Å². The molecule has 0 aromatic heterocycles. The first-order valence-corrected chi connectivity index (χ1v) is 7.31. The lowest BCUT2D eigenvalue weighted by molar-refractivity contribution is -0.141. The highest BCUT2D eigenvalue weighted by Crippen LogP contribution is 2.36. The summed E-state index contributed by atoms with van der Waals surface area (Å²) >= 11 is 3.41. The maximum Gasteiger partial charge on any atom is 0.308 e. The van der Waals surface area contributed by atoms with E-state index < -0.39 is 5.97 Å². The summed E-state index contributed by atoms with van der Waals surface area (Å²) in [4.78, 5) is 13.8. The standard InChI is InChI=1S/C15H20BrNO2/c1-15(2,3)17-8-12(13(9-17)14(18)19)10-4-6-11(16)7-5-10/h4-7,12-13H,8-9H2,1-3H3,(H,18,19)/t12-,13+/m1/s1. The first-order chi connectivity index (χ1) is 8.79. The van der Waals surface area contributed by atoms with Gasteiger partial charge in [-0.25, -0.2) is 0 Å². The van der Waals surface area contributed by atoms with E-state index in [1.54, 1.807) is 0 Å². The molecule has 1 fully saturated rings. The predicted octanol–water partition coefficient (Wildman–Crippen LogP) is 3.35. The lowest BCUT2D eigenvalue weighted by Crippen LogP contribution is -2.40. The van der Waals surface area contributed by atoms with Gasteiger partial charge in [-0.05, 0) is 38.5 Å². The molecule has 0 radical (unpaired) electrons. The van der Waals surface area contributed by atoms with Crippen LogP contribution >= 0.6 is 15.9 Å². The predicted molar refractivity (Wildman–Crippen MR) is 79.3 cm³/mol. The van der Waals surface area contributed by atoms with Gasteiger partial charge in [0.15, 0.2) is 0 Å².